The van der Waals surface area contributed by atoms with Gasteiger partial charge in [0.25, 0.3) is 5.91 Å². The average molecular weight is 339 g/mol. The summed E-state index contributed by atoms with van der Waals surface area (Å²) in [5.41, 5.74) is 1.56. The minimum absolute atomic E-state index is 0.113. The maximum Gasteiger partial charge on any atom is 0.251 e. The zero-order valence-corrected chi connectivity index (χ0v) is 14.2. The molecule has 3 N–H and O–H groups in total. The fourth-order valence-electron chi connectivity index (χ4n) is 2.40. The van der Waals surface area contributed by atoms with Gasteiger partial charge in [-0.1, -0.05) is 6.07 Å². The molecule has 25 heavy (non-hydrogen) atoms. The summed E-state index contributed by atoms with van der Waals surface area (Å²) >= 11 is 0. The van der Waals surface area contributed by atoms with Crippen LogP contribution in [0.2, 0.25) is 0 Å². The van der Waals surface area contributed by atoms with Crippen LogP contribution in [0.4, 0.5) is 5.69 Å². The predicted molar refractivity (Wildman–Crippen MR) is 95.3 cm³/mol. The highest BCUT2D eigenvalue weighted by Gasteiger charge is 2.10. The van der Waals surface area contributed by atoms with Gasteiger partial charge in [-0.2, -0.15) is 5.10 Å². The van der Waals surface area contributed by atoms with Crippen molar-refractivity contribution in [3.63, 3.8) is 0 Å². The van der Waals surface area contributed by atoms with Crippen LogP contribution >= 0.6 is 0 Å². The van der Waals surface area contributed by atoms with Crippen LogP contribution in [0.5, 0.6) is 0 Å². The van der Waals surface area contributed by atoms with E-state index in [1.807, 2.05) is 18.2 Å². The molecule has 3 rings (SSSR count). The van der Waals surface area contributed by atoms with Crippen molar-refractivity contribution in [3.8, 4) is 11.6 Å². The number of rotatable bonds is 7. The van der Waals surface area contributed by atoms with Crippen LogP contribution in [0, 0.1) is 0 Å². The normalized spacial score (nSPS) is 10.8. The van der Waals surface area contributed by atoms with Gasteiger partial charge < -0.3 is 15.1 Å². The lowest BCUT2D eigenvalue weighted by Crippen LogP contribution is -2.26. The number of H-pyrrole nitrogens is 1. The first kappa shape index (κ1) is 16.8. The first-order valence-corrected chi connectivity index (χ1v) is 8.22. The third-order valence-electron chi connectivity index (χ3n) is 3.50. The number of hydrogen-bond donors (Lipinski definition) is 3. The minimum atomic E-state index is -0.113. The number of benzene rings is 1. The standard InChI is InChI=1S/C18H21N5O2/c1-12(2)20-14-6-3-5-13(11-14)18(24)19-9-8-16-21-17(23-22-16)15-7-4-10-25-15/h3-7,10-12,20H,8-9H2,1-2H3,(H,19,24)(H,21,22,23). The summed E-state index contributed by atoms with van der Waals surface area (Å²) in [5.74, 6) is 1.71. The predicted octanol–water partition coefficient (Wildman–Crippen LogP) is 2.86. The van der Waals surface area contributed by atoms with Gasteiger partial charge in [-0.3, -0.25) is 9.89 Å². The van der Waals surface area contributed by atoms with Gasteiger partial charge in [0.15, 0.2) is 5.76 Å². The molecule has 0 saturated heterocycles. The molecule has 1 aromatic carbocycles. The number of furan rings is 1. The highest BCUT2D eigenvalue weighted by molar-refractivity contribution is 5.95. The number of anilines is 1. The Labute approximate surface area is 145 Å². The second kappa shape index (κ2) is 7.65. The smallest absolute Gasteiger partial charge is 0.251 e. The minimum Gasteiger partial charge on any atom is -0.461 e. The van der Waals surface area contributed by atoms with Crippen molar-refractivity contribution < 1.29 is 9.21 Å². The molecule has 0 fully saturated rings. The second-order valence-electron chi connectivity index (χ2n) is 5.97. The topological polar surface area (TPSA) is 95.8 Å². The van der Waals surface area contributed by atoms with E-state index in [0.717, 1.165) is 5.69 Å². The Morgan fingerprint density at radius 2 is 2.16 bits per heavy atom. The third kappa shape index (κ3) is 4.47. The molecular weight excluding hydrogens is 318 g/mol. The van der Waals surface area contributed by atoms with Crippen molar-refractivity contribution in [1.29, 1.82) is 0 Å². The van der Waals surface area contributed by atoms with Gasteiger partial charge >= 0.3 is 0 Å². The van der Waals surface area contributed by atoms with E-state index in [1.165, 1.54) is 0 Å². The summed E-state index contributed by atoms with van der Waals surface area (Å²) in [6, 6.07) is 11.4. The quantitative estimate of drug-likeness (QED) is 0.615. The Morgan fingerprint density at radius 3 is 2.92 bits per heavy atom. The van der Waals surface area contributed by atoms with Gasteiger partial charge in [-0.05, 0) is 44.2 Å². The van der Waals surface area contributed by atoms with E-state index >= 15 is 0 Å². The van der Waals surface area contributed by atoms with E-state index in [1.54, 1.807) is 24.5 Å². The zero-order valence-electron chi connectivity index (χ0n) is 14.2. The van der Waals surface area contributed by atoms with E-state index < -0.39 is 0 Å². The van der Waals surface area contributed by atoms with E-state index in [2.05, 4.69) is 39.7 Å². The van der Waals surface area contributed by atoms with Crippen LogP contribution in [0.3, 0.4) is 0 Å². The second-order valence-corrected chi connectivity index (χ2v) is 5.97. The van der Waals surface area contributed by atoms with E-state index in [-0.39, 0.29) is 5.91 Å². The fraction of sp³-hybridized carbons (Fsp3) is 0.278. The zero-order chi connectivity index (χ0) is 17.6. The molecule has 3 aromatic rings. The molecule has 7 heteroatoms. The van der Waals surface area contributed by atoms with E-state index in [0.29, 0.717) is 42.0 Å². The maximum absolute atomic E-state index is 12.3. The SMILES string of the molecule is CC(C)Nc1cccc(C(=O)NCCc2nc(-c3ccco3)n[nH]2)c1. The number of carbonyl (C=O) groups excluding carboxylic acids is 1. The highest BCUT2D eigenvalue weighted by atomic mass is 16.3. The van der Waals surface area contributed by atoms with Crippen LogP contribution in [-0.2, 0) is 6.42 Å². The molecule has 2 heterocycles. The van der Waals surface area contributed by atoms with Crippen molar-refractivity contribution in [3.05, 3.63) is 54.0 Å². The molecular formula is C18H21N5O2. The first-order chi connectivity index (χ1) is 12.1. The number of hydrogen-bond acceptors (Lipinski definition) is 5. The lowest BCUT2D eigenvalue weighted by Gasteiger charge is -2.11. The first-order valence-electron chi connectivity index (χ1n) is 8.22. The van der Waals surface area contributed by atoms with Crippen molar-refractivity contribution >= 4 is 11.6 Å². The summed E-state index contributed by atoms with van der Waals surface area (Å²) in [6.45, 7) is 4.58. The summed E-state index contributed by atoms with van der Waals surface area (Å²) in [5, 5.41) is 13.1. The molecule has 0 bridgehead atoms. The summed E-state index contributed by atoms with van der Waals surface area (Å²) in [7, 11) is 0. The van der Waals surface area contributed by atoms with Gasteiger partial charge in [-0.15, -0.1) is 0 Å². The Kier molecular flexibility index (Phi) is 5.13. The molecule has 0 radical (unpaired) electrons. The van der Waals surface area contributed by atoms with Gasteiger partial charge in [0.05, 0.1) is 6.26 Å². The highest BCUT2D eigenvalue weighted by Crippen LogP contribution is 2.14. The molecule has 7 nitrogen and oxygen atoms in total. The summed E-state index contributed by atoms with van der Waals surface area (Å²) < 4.78 is 5.25. The average Bonchev–Trinajstić information content (AvgIpc) is 3.25. The lowest BCUT2D eigenvalue weighted by molar-refractivity contribution is 0.0954. The molecule has 0 atom stereocenters. The Hall–Kier alpha value is -3.09. The van der Waals surface area contributed by atoms with Crippen molar-refractivity contribution in [2.24, 2.45) is 0 Å². The maximum atomic E-state index is 12.3. The summed E-state index contributed by atoms with van der Waals surface area (Å²) in [6.07, 6.45) is 2.14. The van der Waals surface area contributed by atoms with Crippen LogP contribution in [0.25, 0.3) is 11.6 Å². The number of nitrogens with one attached hydrogen (secondary N) is 3. The number of aromatic amines is 1. The number of aromatic nitrogens is 3. The fourth-order valence-corrected chi connectivity index (χ4v) is 2.40. The molecule has 0 spiro atoms. The third-order valence-corrected chi connectivity index (χ3v) is 3.50. The largest absolute Gasteiger partial charge is 0.461 e. The van der Waals surface area contributed by atoms with Gasteiger partial charge in [0.2, 0.25) is 5.82 Å². The van der Waals surface area contributed by atoms with Crippen molar-refractivity contribution in [2.75, 3.05) is 11.9 Å². The van der Waals surface area contributed by atoms with Crippen LogP contribution in [0.15, 0.2) is 47.1 Å². The number of nitrogens with zero attached hydrogens (tertiary/aromatic N) is 2. The van der Waals surface area contributed by atoms with E-state index in [9.17, 15) is 4.79 Å². The van der Waals surface area contributed by atoms with Gasteiger partial charge in [0, 0.05) is 30.3 Å². The molecule has 0 saturated carbocycles. The summed E-state index contributed by atoms with van der Waals surface area (Å²) in [4.78, 5) is 16.6. The Balaban J connectivity index is 1.53. The molecule has 0 aliphatic heterocycles. The molecule has 1 amide bonds. The van der Waals surface area contributed by atoms with E-state index in [4.69, 9.17) is 4.42 Å². The molecule has 0 aliphatic rings. The lowest BCUT2D eigenvalue weighted by atomic mass is 10.1. The van der Waals surface area contributed by atoms with Gasteiger partial charge in [-0.25, -0.2) is 4.98 Å². The molecule has 0 aliphatic carbocycles. The number of carbonyl (C=O) groups is 1. The van der Waals surface area contributed by atoms with Crippen molar-refractivity contribution in [2.45, 2.75) is 26.3 Å². The Bertz CT molecular complexity index is 824. The molecule has 130 valence electrons. The Morgan fingerprint density at radius 1 is 1.28 bits per heavy atom. The number of amides is 1. The van der Waals surface area contributed by atoms with Crippen LogP contribution in [-0.4, -0.2) is 33.7 Å². The van der Waals surface area contributed by atoms with Gasteiger partial charge in [0.1, 0.15) is 5.82 Å². The molecule has 0 unspecified atom stereocenters. The van der Waals surface area contributed by atoms with Crippen molar-refractivity contribution in [1.82, 2.24) is 20.5 Å². The van der Waals surface area contributed by atoms with Crippen LogP contribution in [0.1, 0.15) is 30.0 Å². The van der Waals surface area contributed by atoms with Crippen LogP contribution < -0.4 is 10.6 Å². The monoisotopic (exact) mass is 339 g/mol. The molecule has 2 aromatic heterocycles.